The van der Waals surface area contributed by atoms with Crippen molar-refractivity contribution >= 4 is 41.5 Å². The number of hydrogen-bond donors (Lipinski definition) is 2. The minimum absolute atomic E-state index is 0. The van der Waals surface area contributed by atoms with E-state index in [4.69, 9.17) is 16.3 Å². The lowest BCUT2D eigenvalue weighted by Crippen LogP contribution is -2.43. The zero-order valence-corrected chi connectivity index (χ0v) is 17.7. The highest BCUT2D eigenvalue weighted by molar-refractivity contribution is 14.0. The van der Waals surface area contributed by atoms with Crippen LogP contribution in [0.5, 0.6) is 0 Å². The number of halogens is 2. The van der Waals surface area contributed by atoms with Gasteiger partial charge >= 0.3 is 0 Å². The van der Waals surface area contributed by atoms with Gasteiger partial charge in [0, 0.05) is 38.9 Å². The van der Waals surface area contributed by atoms with Crippen LogP contribution in [0.1, 0.15) is 37.7 Å². The highest BCUT2D eigenvalue weighted by atomic mass is 127. The van der Waals surface area contributed by atoms with Gasteiger partial charge in [-0.2, -0.15) is 0 Å². The predicted molar refractivity (Wildman–Crippen MR) is 112 cm³/mol. The Kier molecular flexibility index (Phi) is 10.0. The van der Waals surface area contributed by atoms with Crippen LogP contribution in [-0.4, -0.2) is 33.3 Å². The summed E-state index contributed by atoms with van der Waals surface area (Å²) in [6, 6.07) is 7.88. The molecule has 1 fully saturated rings. The number of benzene rings is 1. The Hall–Kier alpha value is -0.530. The summed E-state index contributed by atoms with van der Waals surface area (Å²) in [5.74, 6) is 0.827. The fourth-order valence-electron chi connectivity index (χ4n) is 3.27. The van der Waals surface area contributed by atoms with E-state index in [9.17, 15) is 0 Å². The molecule has 6 heteroatoms. The van der Waals surface area contributed by atoms with Crippen molar-refractivity contribution in [3.63, 3.8) is 0 Å². The van der Waals surface area contributed by atoms with Crippen molar-refractivity contribution in [2.45, 2.75) is 38.6 Å². The van der Waals surface area contributed by atoms with Crippen molar-refractivity contribution < 1.29 is 4.74 Å². The minimum Gasteiger partial charge on any atom is -0.385 e. The molecule has 0 spiro atoms. The van der Waals surface area contributed by atoms with Gasteiger partial charge in [0.25, 0.3) is 0 Å². The molecule has 1 aliphatic carbocycles. The Morgan fingerprint density at radius 2 is 1.96 bits per heavy atom. The summed E-state index contributed by atoms with van der Waals surface area (Å²) in [7, 11) is 3.58. The molecule has 1 aromatic rings. The molecule has 4 nitrogen and oxygen atoms in total. The van der Waals surface area contributed by atoms with E-state index in [1.165, 1.54) is 25.7 Å². The molecule has 2 rings (SSSR count). The number of nitrogens with one attached hydrogen (secondary N) is 2. The van der Waals surface area contributed by atoms with Crippen molar-refractivity contribution in [3.05, 3.63) is 34.9 Å². The normalized spacial score (nSPS) is 16.5. The molecule has 0 amide bonds. The van der Waals surface area contributed by atoms with Gasteiger partial charge in [0.1, 0.15) is 0 Å². The number of ether oxygens (including phenoxy) is 1. The van der Waals surface area contributed by atoms with E-state index >= 15 is 0 Å². The van der Waals surface area contributed by atoms with Crippen LogP contribution in [0, 0.1) is 5.41 Å². The first-order chi connectivity index (χ1) is 11.2. The summed E-state index contributed by atoms with van der Waals surface area (Å²) in [5, 5.41) is 7.62. The van der Waals surface area contributed by atoms with E-state index in [0.29, 0.717) is 12.0 Å². The average Bonchev–Trinajstić information content (AvgIpc) is 3.04. The molecule has 1 saturated carbocycles. The number of nitrogens with zero attached hydrogens (tertiary/aromatic N) is 1. The van der Waals surface area contributed by atoms with Crippen molar-refractivity contribution in [3.8, 4) is 0 Å². The van der Waals surface area contributed by atoms with Gasteiger partial charge in [0.15, 0.2) is 5.96 Å². The lowest BCUT2D eigenvalue weighted by molar-refractivity contribution is 0.138. The Balaban J connectivity index is 0.00000288. The molecule has 0 bridgehead atoms. The summed E-state index contributed by atoms with van der Waals surface area (Å²) >= 11 is 6.20. The lowest BCUT2D eigenvalue weighted by atomic mass is 9.83. The third-order valence-electron chi connectivity index (χ3n) is 4.76. The molecule has 0 heterocycles. The molecule has 0 radical (unpaired) electrons. The van der Waals surface area contributed by atoms with Crippen molar-refractivity contribution in [1.29, 1.82) is 0 Å². The van der Waals surface area contributed by atoms with E-state index in [1.54, 1.807) is 14.2 Å². The van der Waals surface area contributed by atoms with Crippen molar-refractivity contribution in [1.82, 2.24) is 10.6 Å². The minimum atomic E-state index is 0. The summed E-state index contributed by atoms with van der Waals surface area (Å²) in [5.41, 5.74) is 1.42. The first-order valence-electron chi connectivity index (χ1n) is 8.36. The molecule has 136 valence electrons. The zero-order valence-electron chi connectivity index (χ0n) is 14.6. The number of guanidine groups is 1. The monoisotopic (exact) mass is 465 g/mol. The second-order valence-electron chi connectivity index (χ2n) is 6.32. The quantitative estimate of drug-likeness (QED) is 0.360. The first-order valence-corrected chi connectivity index (χ1v) is 8.74. The molecule has 2 N–H and O–H groups in total. The summed E-state index contributed by atoms with van der Waals surface area (Å²) in [4.78, 5) is 4.33. The molecule has 24 heavy (non-hydrogen) atoms. The number of methoxy groups -OCH3 is 1. The van der Waals surface area contributed by atoms with E-state index in [1.807, 2.05) is 24.3 Å². The Morgan fingerprint density at radius 3 is 2.58 bits per heavy atom. The smallest absolute Gasteiger partial charge is 0.191 e. The van der Waals surface area contributed by atoms with Crippen LogP contribution in [0.3, 0.4) is 0 Å². The molecular weight excluding hydrogens is 437 g/mol. The largest absolute Gasteiger partial charge is 0.385 e. The number of rotatable bonds is 7. The van der Waals surface area contributed by atoms with Gasteiger partial charge in [0.2, 0.25) is 0 Å². The predicted octanol–water partition coefficient (Wildman–Crippen LogP) is 4.22. The van der Waals surface area contributed by atoms with Crippen LogP contribution < -0.4 is 10.6 Å². The third-order valence-corrected chi connectivity index (χ3v) is 5.13. The second-order valence-corrected chi connectivity index (χ2v) is 6.73. The third kappa shape index (κ3) is 6.41. The van der Waals surface area contributed by atoms with Crippen LogP contribution in [0.15, 0.2) is 29.3 Å². The van der Waals surface area contributed by atoms with Gasteiger partial charge in [-0.15, -0.1) is 24.0 Å². The topological polar surface area (TPSA) is 45.7 Å². The molecule has 0 saturated heterocycles. The van der Waals surface area contributed by atoms with E-state index in [2.05, 4.69) is 15.6 Å². The molecular formula is C18H29ClIN3O. The molecule has 1 aromatic carbocycles. The zero-order chi connectivity index (χ0) is 16.5. The van der Waals surface area contributed by atoms with Crippen molar-refractivity contribution in [2.24, 2.45) is 10.4 Å². The van der Waals surface area contributed by atoms with Gasteiger partial charge in [-0.3, -0.25) is 4.99 Å². The van der Waals surface area contributed by atoms with Crippen LogP contribution in [0.25, 0.3) is 0 Å². The molecule has 0 aromatic heterocycles. The van der Waals surface area contributed by atoms with Crippen LogP contribution in [0.4, 0.5) is 0 Å². The maximum Gasteiger partial charge on any atom is 0.191 e. The highest BCUT2D eigenvalue weighted by Crippen LogP contribution is 2.40. The van der Waals surface area contributed by atoms with E-state index in [-0.39, 0.29) is 24.0 Å². The van der Waals surface area contributed by atoms with E-state index < -0.39 is 0 Å². The highest BCUT2D eigenvalue weighted by Gasteiger charge is 2.33. The fraction of sp³-hybridized carbons (Fsp3) is 0.611. The Morgan fingerprint density at radius 1 is 1.25 bits per heavy atom. The van der Waals surface area contributed by atoms with Gasteiger partial charge in [-0.25, -0.2) is 0 Å². The molecule has 0 aliphatic heterocycles. The lowest BCUT2D eigenvalue weighted by Gasteiger charge is -2.30. The summed E-state index contributed by atoms with van der Waals surface area (Å²) in [6.45, 7) is 2.44. The number of hydrogen-bond acceptors (Lipinski definition) is 2. The SMILES string of the molecule is CN=C(NCc1ccccc1Cl)NCC1(CCOC)CCCC1.I. The number of aliphatic imine (C=N–C) groups is 1. The first kappa shape index (κ1) is 21.5. The van der Waals surface area contributed by atoms with Crippen LogP contribution in [-0.2, 0) is 11.3 Å². The van der Waals surface area contributed by atoms with Gasteiger partial charge in [-0.1, -0.05) is 42.6 Å². The fourth-order valence-corrected chi connectivity index (χ4v) is 3.47. The molecule has 0 atom stereocenters. The van der Waals surface area contributed by atoms with Gasteiger partial charge < -0.3 is 15.4 Å². The standard InChI is InChI=1S/C18H28ClN3O.HI/c1-20-17(21-13-15-7-3-4-8-16(15)19)22-14-18(11-12-23-2)9-5-6-10-18;/h3-4,7-8H,5-6,9-14H2,1-2H3,(H2,20,21,22);1H. The Bertz CT molecular complexity index is 519. The average molecular weight is 466 g/mol. The Labute approximate surface area is 167 Å². The van der Waals surface area contributed by atoms with Gasteiger partial charge in [0.05, 0.1) is 0 Å². The second kappa shape index (κ2) is 11.2. The maximum atomic E-state index is 6.20. The van der Waals surface area contributed by atoms with E-state index in [0.717, 1.165) is 36.1 Å². The van der Waals surface area contributed by atoms with Crippen LogP contribution in [0.2, 0.25) is 5.02 Å². The molecule has 1 aliphatic rings. The van der Waals surface area contributed by atoms with Crippen LogP contribution >= 0.6 is 35.6 Å². The summed E-state index contributed by atoms with van der Waals surface area (Å²) in [6.07, 6.45) is 6.28. The maximum absolute atomic E-state index is 6.20. The van der Waals surface area contributed by atoms with Crippen molar-refractivity contribution in [2.75, 3.05) is 27.3 Å². The molecule has 0 unspecified atom stereocenters. The summed E-state index contributed by atoms with van der Waals surface area (Å²) < 4.78 is 5.29. The van der Waals surface area contributed by atoms with Gasteiger partial charge in [-0.05, 0) is 36.3 Å².